The molecule has 0 aliphatic carbocycles. The van der Waals surface area contributed by atoms with Gasteiger partial charge in [-0.3, -0.25) is 0 Å². The fourth-order valence-electron chi connectivity index (χ4n) is 0.498. The van der Waals surface area contributed by atoms with Gasteiger partial charge >= 0.3 is 0 Å². The van der Waals surface area contributed by atoms with E-state index >= 15 is 0 Å². The van der Waals surface area contributed by atoms with Gasteiger partial charge in [0, 0.05) is 6.42 Å². The number of hydrogen-bond acceptors (Lipinski definition) is 0. The monoisotopic (exact) mass is 120 g/mol. The highest BCUT2D eigenvalue weighted by Gasteiger charge is 1.92. The summed E-state index contributed by atoms with van der Waals surface area (Å²) in [5, 5.41) is 0. The van der Waals surface area contributed by atoms with Crippen molar-refractivity contribution >= 4 is 0 Å². The summed E-state index contributed by atoms with van der Waals surface area (Å²) in [4.78, 5) is 0. The van der Waals surface area contributed by atoms with Crippen molar-refractivity contribution in [3.8, 4) is 12.3 Å². The highest BCUT2D eigenvalue weighted by molar-refractivity contribution is 5.27. The fourth-order valence-corrected chi connectivity index (χ4v) is 0.498. The fraction of sp³-hybridized carbons (Fsp3) is 0.333. The minimum absolute atomic E-state index is 0.632. The second-order valence-corrected chi connectivity index (χ2v) is 1.94. The minimum Gasteiger partial charge on any atom is -0.120 e. The van der Waals surface area contributed by atoms with E-state index in [2.05, 4.69) is 19.1 Å². The van der Waals surface area contributed by atoms with Crippen LogP contribution in [0.3, 0.4) is 0 Å². The maximum absolute atomic E-state index is 5.07. The zero-order valence-corrected chi connectivity index (χ0v) is 5.91. The van der Waals surface area contributed by atoms with Gasteiger partial charge in [-0.2, -0.15) is 0 Å². The first-order valence-corrected chi connectivity index (χ1v) is 3.01. The molecule has 0 amide bonds. The van der Waals surface area contributed by atoms with E-state index in [1.807, 2.05) is 6.92 Å². The van der Waals surface area contributed by atoms with Crippen LogP contribution in [-0.4, -0.2) is 0 Å². The predicted octanol–water partition coefficient (Wildman–Crippen LogP) is 2.53. The van der Waals surface area contributed by atoms with Crippen LogP contribution in [0.25, 0.3) is 0 Å². The Morgan fingerprint density at radius 3 is 2.33 bits per heavy atom. The van der Waals surface area contributed by atoms with E-state index in [-0.39, 0.29) is 0 Å². The first kappa shape index (κ1) is 8.04. The smallest absolute Gasteiger partial charge is 0.0334 e. The zero-order chi connectivity index (χ0) is 7.28. The second-order valence-electron chi connectivity index (χ2n) is 1.94. The summed E-state index contributed by atoms with van der Waals surface area (Å²) in [6, 6.07) is 0. The average molecular weight is 120 g/mol. The van der Waals surface area contributed by atoms with Crippen molar-refractivity contribution in [1.29, 1.82) is 0 Å². The minimum atomic E-state index is 0.632. The molecule has 0 unspecified atom stereocenters. The molecule has 0 saturated carbocycles. The lowest BCUT2D eigenvalue weighted by Gasteiger charge is -2.00. The Kier molecular flexibility index (Phi) is 3.55. The topological polar surface area (TPSA) is 0 Å². The summed E-state index contributed by atoms with van der Waals surface area (Å²) < 4.78 is 0. The predicted molar refractivity (Wildman–Crippen MR) is 42.0 cm³/mol. The van der Waals surface area contributed by atoms with Gasteiger partial charge in [0.15, 0.2) is 0 Å². The van der Waals surface area contributed by atoms with Crippen LogP contribution in [0, 0.1) is 12.3 Å². The Hall–Kier alpha value is -0.960. The normalized spacial score (nSPS) is 8.00. The van der Waals surface area contributed by atoms with Crippen LogP contribution in [0.2, 0.25) is 0 Å². The third-order valence-corrected chi connectivity index (χ3v) is 1.24. The van der Waals surface area contributed by atoms with Crippen LogP contribution in [0.15, 0.2) is 24.3 Å². The molecule has 0 bridgehead atoms. The lowest BCUT2D eigenvalue weighted by atomic mass is 10.1. The van der Waals surface area contributed by atoms with Crippen LogP contribution >= 0.6 is 0 Å². The molecule has 0 N–H and O–H groups in total. The summed E-state index contributed by atoms with van der Waals surface area (Å²) in [7, 11) is 0. The maximum atomic E-state index is 5.07. The Balaban J connectivity index is 3.77. The molecular formula is C9H12. The largest absolute Gasteiger partial charge is 0.120 e. The van der Waals surface area contributed by atoms with Crippen molar-refractivity contribution in [3.05, 3.63) is 24.3 Å². The van der Waals surface area contributed by atoms with Crippen molar-refractivity contribution in [3.63, 3.8) is 0 Å². The summed E-state index contributed by atoms with van der Waals surface area (Å²) in [6.45, 7) is 9.62. The van der Waals surface area contributed by atoms with Gasteiger partial charge in [-0.05, 0) is 12.0 Å². The van der Waals surface area contributed by atoms with Gasteiger partial charge in [-0.1, -0.05) is 25.7 Å². The highest BCUT2D eigenvalue weighted by atomic mass is 14.0. The molecule has 48 valence electrons. The van der Waals surface area contributed by atoms with Crippen molar-refractivity contribution in [1.82, 2.24) is 0 Å². The van der Waals surface area contributed by atoms with E-state index in [9.17, 15) is 0 Å². The molecule has 0 nitrogen and oxygen atoms in total. The molecule has 9 heavy (non-hydrogen) atoms. The van der Waals surface area contributed by atoms with Crippen molar-refractivity contribution in [2.45, 2.75) is 19.8 Å². The zero-order valence-electron chi connectivity index (χ0n) is 5.91. The number of rotatable bonds is 3. The number of hydrogen-bond donors (Lipinski definition) is 0. The first-order valence-electron chi connectivity index (χ1n) is 3.01. The van der Waals surface area contributed by atoms with E-state index in [1.165, 1.54) is 0 Å². The Labute approximate surface area is 57.3 Å². The lowest BCUT2D eigenvalue weighted by Crippen LogP contribution is -1.81. The van der Waals surface area contributed by atoms with Crippen LogP contribution in [0.5, 0.6) is 0 Å². The van der Waals surface area contributed by atoms with Crippen molar-refractivity contribution in [2.75, 3.05) is 0 Å². The van der Waals surface area contributed by atoms with Crippen LogP contribution in [-0.2, 0) is 0 Å². The van der Waals surface area contributed by atoms with Gasteiger partial charge in [0.05, 0.1) is 0 Å². The standard InChI is InChI=1S/C9H12/c1-5-7-9(4)8(3)6-2/h1H,3-4,6-7H2,2H3. The van der Waals surface area contributed by atoms with Crippen LogP contribution < -0.4 is 0 Å². The van der Waals surface area contributed by atoms with E-state index in [0.717, 1.165) is 17.6 Å². The third kappa shape index (κ3) is 2.77. The molecule has 0 rings (SSSR count). The number of allylic oxidation sites excluding steroid dienone is 2. The van der Waals surface area contributed by atoms with Gasteiger partial charge in [0.1, 0.15) is 0 Å². The molecule has 0 aliphatic rings. The van der Waals surface area contributed by atoms with Gasteiger partial charge in [-0.15, -0.1) is 12.3 Å². The molecule has 0 aliphatic heterocycles. The molecule has 0 aromatic rings. The Bertz CT molecular complexity index is 155. The Morgan fingerprint density at radius 1 is 1.44 bits per heavy atom. The average Bonchev–Trinajstić information content (AvgIpc) is 1.87. The van der Waals surface area contributed by atoms with Gasteiger partial charge in [0.2, 0.25) is 0 Å². The SMILES string of the molecule is C#CCC(=C)C(=C)CC. The molecule has 0 fully saturated rings. The summed E-state index contributed by atoms with van der Waals surface area (Å²) >= 11 is 0. The Morgan fingerprint density at radius 2 is 2.00 bits per heavy atom. The molecule has 0 aromatic carbocycles. The van der Waals surface area contributed by atoms with E-state index < -0.39 is 0 Å². The van der Waals surface area contributed by atoms with Crippen molar-refractivity contribution in [2.24, 2.45) is 0 Å². The summed E-state index contributed by atoms with van der Waals surface area (Å²) in [6.07, 6.45) is 6.65. The van der Waals surface area contributed by atoms with E-state index in [4.69, 9.17) is 6.42 Å². The highest BCUT2D eigenvalue weighted by Crippen LogP contribution is 2.11. The number of terminal acetylenes is 1. The van der Waals surface area contributed by atoms with Gasteiger partial charge < -0.3 is 0 Å². The molecular weight excluding hydrogens is 108 g/mol. The van der Waals surface area contributed by atoms with E-state index in [1.54, 1.807) is 0 Å². The van der Waals surface area contributed by atoms with Crippen molar-refractivity contribution < 1.29 is 0 Å². The molecule has 0 heteroatoms. The second kappa shape index (κ2) is 3.97. The molecule has 0 heterocycles. The van der Waals surface area contributed by atoms with Crippen LogP contribution in [0.4, 0.5) is 0 Å². The quantitative estimate of drug-likeness (QED) is 0.396. The molecule has 0 atom stereocenters. The van der Waals surface area contributed by atoms with Gasteiger partial charge in [0.25, 0.3) is 0 Å². The molecule has 0 spiro atoms. The summed E-state index contributed by atoms with van der Waals surface area (Å²) in [5.74, 6) is 2.52. The molecule has 0 saturated heterocycles. The summed E-state index contributed by atoms with van der Waals surface area (Å²) in [5.41, 5.74) is 2.05. The molecule has 0 aromatic heterocycles. The molecule has 0 radical (unpaired) electrons. The van der Waals surface area contributed by atoms with Crippen LogP contribution in [0.1, 0.15) is 19.8 Å². The van der Waals surface area contributed by atoms with Gasteiger partial charge in [-0.25, -0.2) is 0 Å². The van der Waals surface area contributed by atoms with E-state index in [0.29, 0.717) is 6.42 Å². The third-order valence-electron chi connectivity index (χ3n) is 1.24. The lowest BCUT2D eigenvalue weighted by molar-refractivity contribution is 1.09. The first-order chi connectivity index (χ1) is 4.22. The maximum Gasteiger partial charge on any atom is 0.0334 e.